The van der Waals surface area contributed by atoms with Crippen LogP contribution in [0.25, 0.3) is 0 Å². The van der Waals surface area contributed by atoms with Gasteiger partial charge in [0.15, 0.2) is 11.5 Å². The number of morpholine rings is 1. The third-order valence-corrected chi connectivity index (χ3v) is 5.55. The lowest BCUT2D eigenvalue weighted by Gasteiger charge is -2.36. The zero-order valence-corrected chi connectivity index (χ0v) is 17.9. The van der Waals surface area contributed by atoms with E-state index in [1.807, 2.05) is 11.0 Å². The minimum absolute atomic E-state index is 0.0680. The lowest BCUT2D eigenvalue weighted by Crippen LogP contribution is -2.53. The highest BCUT2D eigenvalue weighted by Crippen LogP contribution is 2.33. The molecule has 30 heavy (non-hydrogen) atoms. The number of rotatable bonds is 7. The molecule has 8 heteroatoms. The smallest absolute Gasteiger partial charge is 0.254 e. The van der Waals surface area contributed by atoms with E-state index >= 15 is 0 Å². The van der Waals surface area contributed by atoms with Gasteiger partial charge in [-0.1, -0.05) is 6.08 Å². The number of hydrogen-bond donors (Lipinski definition) is 0. The normalized spacial score (nSPS) is 17.5. The number of nitrogens with zero attached hydrogens (tertiary/aromatic N) is 3. The number of methoxy groups -OCH3 is 2. The van der Waals surface area contributed by atoms with Crippen LogP contribution >= 0.6 is 0 Å². The molecule has 2 heterocycles. The fourth-order valence-electron chi connectivity index (χ4n) is 3.87. The highest BCUT2D eigenvalue weighted by atomic mass is 16.5. The minimum Gasteiger partial charge on any atom is -0.493 e. The number of carbonyl (C=O) groups is 2. The Morgan fingerprint density at radius 1 is 1.03 bits per heavy atom. The molecule has 0 spiro atoms. The lowest BCUT2D eigenvalue weighted by molar-refractivity contribution is -0.134. The van der Waals surface area contributed by atoms with Crippen molar-refractivity contribution in [1.82, 2.24) is 14.7 Å². The molecule has 0 aromatic heterocycles. The first-order valence-electron chi connectivity index (χ1n) is 10.3. The molecule has 0 bridgehead atoms. The molecule has 2 aliphatic heterocycles. The van der Waals surface area contributed by atoms with Gasteiger partial charge in [-0.2, -0.15) is 0 Å². The molecule has 0 saturated carbocycles. The van der Waals surface area contributed by atoms with Crippen molar-refractivity contribution in [3.05, 3.63) is 35.9 Å². The van der Waals surface area contributed by atoms with Gasteiger partial charge in [-0.15, -0.1) is 6.58 Å². The van der Waals surface area contributed by atoms with Crippen LogP contribution < -0.4 is 9.47 Å². The van der Waals surface area contributed by atoms with E-state index in [-0.39, 0.29) is 11.8 Å². The summed E-state index contributed by atoms with van der Waals surface area (Å²) in [6.45, 7) is 9.23. The van der Waals surface area contributed by atoms with E-state index in [1.165, 1.54) is 0 Å². The molecule has 0 atom stereocenters. The van der Waals surface area contributed by atoms with Gasteiger partial charge in [-0.25, -0.2) is 0 Å². The van der Waals surface area contributed by atoms with Crippen molar-refractivity contribution in [1.29, 1.82) is 0 Å². The summed E-state index contributed by atoms with van der Waals surface area (Å²) in [6, 6.07) is 3.55. The van der Waals surface area contributed by atoms with Crippen molar-refractivity contribution in [2.45, 2.75) is 6.42 Å². The Morgan fingerprint density at radius 2 is 1.70 bits per heavy atom. The molecule has 2 amide bonds. The number of amides is 2. The first-order valence-corrected chi connectivity index (χ1v) is 10.3. The van der Waals surface area contributed by atoms with Crippen LogP contribution in [-0.2, 0) is 16.0 Å². The Hall–Kier alpha value is -2.58. The second-order valence-electron chi connectivity index (χ2n) is 7.43. The predicted octanol–water partition coefficient (Wildman–Crippen LogP) is 1.05. The number of allylic oxidation sites excluding steroid dienone is 1. The van der Waals surface area contributed by atoms with Crippen LogP contribution in [0, 0.1) is 0 Å². The third-order valence-electron chi connectivity index (χ3n) is 5.55. The van der Waals surface area contributed by atoms with Crippen LogP contribution in [0.1, 0.15) is 15.9 Å². The van der Waals surface area contributed by atoms with E-state index < -0.39 is 0 Å². The Kier molecular flexibility index (Phi) is 7.70. The predicted molar refractivity (Wildman–Crippen MR) is 113 cm³/mol. The van der Waals surface area contributed by atoms with Gasteiger partial charge in [0.2, 0.25) is 5.91 Å². The van der Waals surface area contributed by atoms with E-state index in [9.17, 15) is 9.59 Å². The zero-order valence-electron chi connectivity index (χ0n) is 17.9. The molecule has 1 aromatic rings. The molecule has 164 valence electrons. The highest BCUT2D eigenvalue weighted by Gasteiger charge is 2.27. The Bertz CT molecular complexity index is 768. The maximum absolute atomic E-state index is 13.1. The summed E-state index contributed by atoms with van der Waals surface area (Å²) in [6.07, 6.45) is 2.34. The Morgan fingerprint density at radius 3 is 2.30 bits per heavy atom. The van der Waals surface area contributed by atoms with Gasteiger partial charge >= 0.3 is 0 Å². The van der Waals surface area contributed by atoms with E-state index in [1.54, 1.807) is 31.3 Å². The molecular weight excluding hydrogens is 386 g/mol. The van der Waals surface area contributed by atoms with E-state index in [2.05, 4.69) is 11.5 Å². The number of piperazine rings is 1. The van der Waals surface area contributed by atoms with Gasteiger partial charge in [0.05, 0.1) is 34.0 Å². The van der Waals surface area contributed by atoms with Crippen molar-refractivity contribution in [3.8, 4) is 11.5 Å². The Labute approximate surface area is 178 Å². The van der Waals surface area contributed by atoms with Gasteiger partial charge < -0.3 is 24.0 Å². The average Bonchev–Trinajstić information content (AvgIpc) is 2.79. The molecule has 1 aromatic carbocycles. The maximum Gasteiger partial charge on any atom is 0.254 e. The SMILES string of the molecule is C=CCc1cc(C(=O)N2CCN(C(=O)CN3CCOCC3)CC2)cc(OC)c1OC. The molecule has 0 N–H and O–H groups in total. The quantitative estimate of drug-likeness (QED) is 0.618. The molecule has 0 unspecified atom stereocenters. The molecule has 8 nitrogen and oxygen atoms in total. The second kappa shape index (κ2) is 10.4. The molecule has 0 radical (unpaired) electrons. The molecule has 0 aliphatic carbocycles. The summed E-state index contributed by atoms with van der Waals surface area (Å²) in [7, 11) is 3.14. The van der Waals surface area contributed by atoms with E-state index in [0.29, 0.717) is 69.4 Å². The highest BCUT2D eigenvalue weighted by molar-refractivity contribution is 5.95. The fraction of sp³-hybridized carbons (Fsp3) is 0.545. The van der Waals surface area contributed by atoms with E-state index in [4.69, 9.17) is 14.2 Å². The third kappa shape index (κ3) is 5.12. The molecular formula is C22H31N3O5. The monoisotopic (exact) mass is 417 g/mol. The van der Waals surface area contributed by atoms with Crippen LogP contribution in [0.4, 0.5) is 0 Å². The molecule has 3 rings (SSSR count). The average molecular weight is 418 g/mol. The summed E-state index contributed by atoms with van der Waals surface area (Å²) >= 11 is 0. The Balaban J connectivity index is 1.62. The van der Waals surface area contributed by atoms with Gasteiger partial charge in [-0.3, -0.25) is 14.5 Å². The van der Waals surface area contributed by atoms with Crippen LogP contribution in [-0.4, -0.2) is 99.8 Å². The van der Waals surface area contributed by atoms with Crippen LogP contribution in [0.15, 0.2) is 24.8 Å². The lowest BCUT2D eigenvalue weighted by atomic mass is 10.0. The summed E-state index contributed by atoms with van der Waals surface area (Å²) < 4.78 is 16.2. The van der Waals surface area contributed by atoms with Crippen LogP contribution in [0.2, 0.25) is 0 Å². The van der Waals surface area contributed by atoms with Gasteiger partial charge in [-0.05, 0) is 18.6 Å². The molecule has 2 fully saturated rings. The van der Waals surface area contributed by atoms with Crippen molar-refractivity contribution in [2.24, 2.45) is 0 Å². The standard InChI is InChI=1S/C22H31N3O5/c1-4-5-17-14-18(15-19(28-2)21(17)29-3)22(27)25-8-6-24(7-9-25)20(26)16-23-10-12-30-13-11-23/h4,14-15H,1,5-13,16H2,2-3H3. The van der Waals surface area contributed by atoms with Gasteiger partial charge in [0.1, 0.15) is 0 Å². The van der Waals surface area contributed by atoms with Gasteiger partial charge in [0, 0.05) is 50.4 Å². The van der Waals surface area contributed by atoms with Crippen molar-refractivity contribution in [2.75, 3.05) is 73.2 Å². The first kappa shape index (κ1) is 22.1. The number of carbonyl (C=O) groups excluding carboxylic acids is 2. The fourth-order valence-corrected chi connectivity index (χ4v) is 3.87. The van der Waals surface area contributed by atoms with Crippen molar-refractivity contribution in [3.63, 3.8) is 0 Å². The number of ether oxygens (including phenoxy) is 3. The summed E-state index contributed by atoms with van der Waals surface area (Å²) in [5.74, 6) is 1.19. The second-order valence-corrected chi connectivity index (χ2v) is 7.43. The van der Waals surface area contributed by atoms with Crippen molar-refractivity contribution >= 4 is 11.8 Å². The maximum atomic E-state index is 13.1. The number of benzene rings is 1. The van der Waals surface area contributed by atoms with E-state index in [0.717, 1.165) is 18.7 Å². The molecule has 2 saturated heterocycles. The number of hydrogen-bond acceptors (Lipinski definition) is 6. The van der Waals surface area contributed by atoms with Gasteiger partial charge in [0.25, 0.3) is 5.91 Å². The summed E-state index contributed by atoms with van der Waals surface area (Å²) in [5.41, 5.74) is 1.41. The largest absolute Gasteiger partial charge is 0.493 e. The van der Waals surface area contributed by atoms with Crippen LogP contribution in [0.5, 0.6) is 11.5 Å². The van der Waals surface area contributed by atoms with Crippen molar-refractivity contribution < 1.29 is 23.8 Å². The zero-order chi connectivity index (χ0) is 21.5. The summed E-state index contributed by atoms with van der Waals surface area (Å²) in [4.78, 5) is 31.4. The molecule has 2 aliphatic rings. The first-order chi connectivity index (χ1) is 14.6. The minimum atomic E-state index is -0.0680. The van der Waals surface area contributed by atoms with Crippen LogP contribution in [0.3, 0.4) is 0 Å². The summed E-state index contributed by atoms with van der Waals surface area (Å²) in [5, 5.41) is 0. The topological polar surface area (TPSA) is 71.6 Å².